The van der Waals surface area contributed by atoms with E-state index in [-0.39, 0.29) is 18.2 Å². The molecule has 0 amide bonds. The summed E-state index contributed by atoms with van der Waals surface area (Å²) in [5.41, 5.74) is 3.97. The first-order chi connectivity index (χ1) is 9.29. The lowest BCUT2D eigenvalue weighted by Crippen LogP contribution is -2.24. The van der Waals surface area contributed by atoms with Crippen LogP contribution < -0.4 is 5.32 Å². The first-order valence-corrected chi connectivity index (χ1v) is 6.81. The molecule has 0 radical (unpaired) electrons. The quantitative estimate of drug-likeness (QED) is 0.863. The number of benzene rings is 2. The molecule has 0 heterocycles. The van der Waals surface area contributed by atoms with Gasteiger partial charge in [0.15, 0.2) is 0 Å². The molecule has 1 aliphatic rings. The number of halogens is 2. The van der Waals surface area contributed by atoms with Gasteiger partial charge in [-0.25, -0.2) is 4.39 Å². The van der Waals surface area contributed by atoms with Crippen LogP contribution in [0.3, 0.4) is 0 Å². The molecule has 3 heteroatoms. The highest BCUT2D eigenvalue weighted by molar-refractivity contribution is 5.85. The van der Waals surface area contributed by atoms with Gasteiger partial charge in [0, 0.05) is 12.0 Å². The molecule has 2 aromatic rings. The second-order valence-electron chi connectivity index (χ2n) is 5.15. The Morgan fingerprint density at radius 3 is 2.25 bits per heavy atom. The van der Waals surface area contributed by atoms with E-state index in [1.165, 1.54) is 16.7 Å². The van der Waals surface area contributed by atoms with Crippen LogP contribution in [0.4, 0.5) is 4.39 Å². The molecule has 106 valence electrons. The van der Waals surface area contributed by atoms with Gasteiger partial charge in [0.1, 0.15) is 5.82 Å². The second-order valence-corrected chi connectivity index (χ2v) is 5.15. The van der Waals surface area contributed by atoms with Gasteiger partial charge in [0.25, 0.3) is 0 Å². The van der Waals surface area contributed by atoms with Gasteiger partial charge < -0.3 is 5.32 Å². The van der Waals surface area contributed by atoms with Crippen LogP contribution in [0.25, 0.3) is 0 Å². The Morgan fingerprint density at radius 2 is 1.60 bits per heavy atom. The minimum atomic E-state index is -0.166. The molecule has 0 saturated carbocycles. The lowest BCUT2D eigenvalue weighted by Gasteiger charge is -2.31. The minimum absolute atomic E-state index is 0. The van der Waals surface area contributed by atoms with Crippen LogP contribution in [0.1, 0.15) is 41.5 Å². The lowest BCUT2D eigenvalue weighted by atomic mass is 9.77. The number of nitrogens with one attached hydrogen (secondary N) is 1. The van der Waals surface area contributed by atoms with E-state index in [4.69, 9.17) is 0 Å². The van der Waals surface area contributed by atoms with Gasteiger partial charge in [-0.15, -0.1) is 12.4 Å². The largest absolute Gasteiger partial charge is 0.313 e. The third-order valence-corrected chi connectivity index (χ3v) is 4.11. The summed E-state index contributed by atoms with van der Waals surface area (Å²) in [4.78, 5) is 0. The molecule has 0 unspecified atom stereocenters. The minimum Gasteiger partial charge on any atom is -0.313 e. The smallest absolute Gasteiger partial charge is 0.123 e. The molecule has 0 aliphatic heterocycles. The normalized spacial score (nSPS) is 20.9. The first kappa shape index (κ1) is 15.0. The Bertz CT molecular complexity index is 567. The third kappa shape index (κ3) is 2.72. The summed E-state index contributed by atoms with van der Waals surface area (Å²) in [5.74, 6) is 0.224. The van der Waals surface area contributed by atoms with Crippen molar-refractivity contribution in [3.8, 4) is 0 Å². The van der Waals surface area contributed by atoms with E-state index in [1.54, 1.807) is 12.1 Å². The van der Waals surface area contributed by atoms with Crippen molar-refractivity contribution in [2.45, 2.75) is 24.8 Å². The fourth-order valence-corrected chi connectivity index (χ4v) is 3.13. The van der Waals surface area contributed by atoms with Gasteiger partial charge in [-0.1, -0.05) is 36.4 Å². The average Bonchev–Trinajstić information content (AvgIpc) is 2.47. The zero-order valence-corrected chi connectivity index (χ0v) is 12.3. The monoisotopic (exact) mass is 291 g/mol. The third-order valence-electron chi connectivity index (χ3n) is 4.11. The fraction of sp³-hybridized carbons (Fsp3) is 0.294. The molecule has 20 heavy (non-hydrogen) atoms. The molecule has 0 aromatic heterocycles. The molecule has 2 aromatic carbocycles. The number of hydrogen-bond acceptors (Lipinski definition) is 1. The molecule has 1 aliphatic carbocycles. The van der Waals surface area contributed by atoms with Crippen LogP contribution >= 0.6 is 12.4 Å². The maximum absolute atomic E-state index is 13.1. The number of hydrogen-bond donors (Lipinski definition) is 1. The maximum atomic E-state index is 13.1. The Hall–Kier alpha value is -1.38. The molecular weight excluding hydrogens is 273 g/mol. The highest BCUT2D eigenvalue weighted by atomic mass is 35.5. The van der Waals surface area contributed by atoms with Gasteiger partial charge >= 0.3 is 0 Å². The first-order valence-electron chi connectivity index (χ1n) is 6.81. The summed E-state index contributed by atoms with van der Waals surface area (Å²) >= 11 is 0. The summed E-state index contributed by atoms with van der Waals surface area (Å²) in [6.45, 7) is 0. The van der Waals surface area contributed by atoms with E-state index in [1.807, 2.05) is 19.2 Å². The Kier molecular flexibility index (Phi) is 4.79. The van der Waals surface area contributed by atoms with Crippen molar-refractivity contribution in [1.29, 1.82) is 0 Å². The van der Waals surface area contributed by atoms with Crippen LogP contribution in [0.15, 0.2) is 48.5 Å². The van der Waals surface area contributed by atoms with Gasteiger partial charge in [0.05, 0.1) is 0 Å². The van der Waals surface area contributed by atoms with Crippen molar-refractivity contribution in [3.63, 3.8) is 0 Å². The van der Waals surface area contributed by atoms with Crippen molar-refractivity contribution >= 4 is 12.4 Å². The topological polar surface area (TPSA) is 12.0 Å². The zero-order valence-electron chi connectivity index (χ0n) is 11.5. The van der Waals surface area contributed by atoms with Crippen molar-refractivity contribution < 1.29 is 4.39 Å². The SMILES string of the molecule is CN[C@@H]1CC[C@@H](c2ccc(F)cc2)c2ccccc21.Cl. The van der Waals surface area contributed by atoms with Gasteiger partial charge in [-0.05, 0) is 48.7 Å². The van der Waals surface area contributed by atoms with E-state index < -0.39 is 0 Å². The summed E-state index contributed by atoms with van der Waals surface area (Å²) < 4.78 is 13.1. The number of fused-ring (bicyclic) bond motifs is 1. The van der Waals surface area contributed by atoms with Crippen molar-refractivity contribution in [2.75, 3.05) is 7.05 Å². The summed E-state index contributed by atoms with van der Waals surface area (Å²) in [7, 11) is 2.01. The Labute approximate surface area is 125 Å². The highest BCUT2D eigenvalue weighted by Gasteiger charge is 2.26. The maximum Gasteiger partial charge on any atom is 0.123 e. The molecule has 1 N–H and O–H groups in total. The lowest BCUT2D eigenvalue weighted by molar-refractivity contribution is 0.470. The molecule has 3 rings (SSSR count). The summed E-state index contributed by atoms with van der Waals surface area (Å²) in [6, 6.07) is 16.0. The van der Waals surface area contributed by atoms with E-state index in [2.05, 4.69) is 29.6 Å². The summed E-state index contributed by atoms with van der Waals surface area (Å²) in [5, 5.41) is 3.38. The van der Waals surface area contributed by atoms with Gasteiger partial charge in [-0.3, -0.25) is 0 Å². The number of rotatable bonds is 2. The van der Waals surface area contributed by atoms with Crippen LogP contribution in [-0.2, 0) is 0 Å². The molecule has 2 atom stereocenters. The van der Waals surface area contributed by atoms with Crippen molar-refractivity contribution in [2.24, 2.45) is 0 Å². The molecule has 0 spiro atoms. The van der Waals surface area contributed by atoms with E-state index in [0.717, 1.165) is 12.8 Å². The van der Waals surface area contributed by atoms with Crippen LogP contribution in [-0.4, -0.2) is 7.05 Å². The Balaban J connectivity index is 0.00000147. The molecule has 0 bridgehead atoms. The molecule has 0 saturated heterocycles. The average molecular weight is 292 g/mol. The van der Waals surface area contributed by atoms with Crippen molar-refractivity contribution in [1.82, 2.24) is 5.32 Å². The van der Waals surface area contributed by atoms with Gasteiger partial charge in [0.2, 0.25) is 0 Å². The predicted octanol–water partition coefficient (Wildman–Crippen LogP) is 4.43. The van der Waals surface area contributed by atoms with E-state index in [0.29, 0.717) is 12.0 Å². The van der Waals surface area contributed by atoms with Crippen LogP contribution in [0.5, 0.6) is 0 Å². The van der Waals surface area contributed by atoms with Crippen LogP contribution in [0.2, 0.25) is 0 Å². The second kappa shape index (κ2) is 6.38. The van der Waals surface area contributed by atoms with E-state index >= 15 is 0 Å². The van der Waals surface area contributed by atoms with Crippen molar-refractivity contribution in [3.05, 3.63) is 71.0 Å². The van der Waals surface area contributed by atoms with E-state index in [9.17, 15) is 4.39 Å². The Morgan fingerprint density at radius 1 is 0.950 bits per heavy atom. The van der Waals surface area contributed by atoms with Crippen LogP contribution in [0, 0.1) is 5.82 Å². The predicted molar refractivity (Wildman–Crippen MR) is 83.0 cm³/mol. The molecule has 1 nitrogen and oxygen atoms in total. The standard InChI is InChI=1S/C17H18FN.ClH/c1-19-17-11-10-14(12-6-8-13(18)9-7-12)15-4-2-3-5-16(15)17;/h2-9,14,17,19H,10-11H2,1H3;1H/t14-,17+;/m0./s1. The summed E-state index contributed by atoms with van der Waals surface area (Å²) in [6.07, 6.45) is 2.23. The van der Waals surface area contributed by atoms with Gasteiger partial charge in [-0.2, -0.15) is 0 Å². The molecular formula is C17H19ClFN. The highest BCUT2D eigenvalue weighted by Crippen LogP contribution is 2.40. The fourth-order valence-electron chi connectivity index (χ4n) is 3.13. The molecule has 0 fully saturated rings. The zero-order chi connectivity index (χ0) is 13.2.